The Labute approximate surface area is 179 Å². The second kappa shape index (κ2) is 9.01. The number of hydrogen-bond donors (Lipinski definition) is 1. The molecule has 1 heterocycles. The Morgan fingerprint density at radius 3 is 2.27 bits per heavy atom. The molecule has 0 aliphatic rings. The van der Waals surface area contributed by atoms with Gasteiger partial charge in [-0.3, -0.25) is 9.59 Å². The maximum atomic E-state index is 13.0. The van der Waals surface area contributed by atoms with Crippen molar-refractivity contribution in [2.75, 3.05) is 6.61 Å². The van der Waals surface area contributed by atoms with Gasteiger partial charge in [0.15, 0.2) is 6.61 Å². The van der Waals surface area contributed by atoms with Crippen LogP contribution < -0.4 is 0 Å². The normalized spacial score (nSPS) is 11.9. The quantitative estimate of drug-likeness (QED) is 0.238. The van der Waals surface area contributed by atoms with Gasteiger partial charge in [0.05, 0.1) is 0 Å². The van der Waals surface area contributed by atoms with E-state index < -0.39 is 11.2 Å². The number of aryl methyl sites for hydroxylation is 1. The van der Waals surface area contributed by atoms with Gasteiger partial charge < -0.3 is 9.72 Å². The lowest BCUT2D eigenvalue weighted by atomic mass is 10.1. The van der Waals surface area contributed by atoms with Gasteiger partial charge in [0, 0.05) is 27.1 Å². The average Bonchev–Trinajstić information content (AvgIpc) is 3.12. The molecule has 0 aliphatic heterocycles. The third-order valence-electron chi connectivity index (χ3n) is 4.83. The summed E-state index contributed by atoms with van der Waals surface area (Å²) < 4.78 is 5.50. The Balaban J connectivity index is 1.52. The van der Waals surface area contributed by atoms with Crippen LogP contribution in [0.25, 0.3) is 10.9 Å². The molecular weight excluding hydrogens is 394 g/mol. The van der Waals surface area contributed by atoms with Crippen molar-refractivity contribution in [2.45, 2.75) is 17.1 Å². The molecule has 5 heteroatoms. The fourth-order valence-corrected chi connectivity index (χ4v) is 4.48. The van der Waals surface area contributed by atoms with Crippen LogP contribution in [0.2, 0.25) is 0 Å². The van der Waals surface area contributed by atoms with Crippen LogP contribution in [0.15, 0.2) is 89.8 Å². The topological polar surface area (TPSA) is 59.2 Å². The summed E-state index contributed by atoms with van der Waals surface area (Å²) in [6, 6.07) is 26.8. The molecule has 0 aliphatic carbocycles. The van der Waals surface area contributed by atoms with E-state index in [1.54, 1.807) is 0 Å². The molecule has 4 aromatic rings. The maximum Gasteiger partial charge on any atom is 0.324 e. The van der Waals surface area contributed by atoms with Crippen LogP contribution in [-0.2, 0) is 9.53 Å². The number of ether oxygens (including phenoxy) is 1. The number of hydrogen-bond acceptors (Lipinski definition) is 4. The highest BCUT2D eigenvalue weighted by atomic mass is 32.2. The summed E-state index contributed by atoms with van der Waals surface area (Å²) >= 11 is 1.41. The molecule has 1 N–H and O–H groups in total. The number of benzene rings is 3. The van der Waals surface area contributed by atoms with Gasteiger partial charge >= 0.3 is 5.97 Å². The highest BCUT2D eigenvalue weighted by molar-refractivity contribution is 8.00. The highest BCUT2D eigenvalue weighted by Crippen LogP contribution is 2.36. The number of H-pyrrole nitrogens is 1. The molecule has 1 atom stereocenters. The first-order valence-corrected chi connectivity index (χ1v) is 10.6. The molecule has 4 rings (SSSR count). The monoisotopic (exact) mass is 415 g/mol. The van der Waals surface area contributed by atoms with E-state index >= 15 is 0 Å². The molecule has 0 amide bonds. The van der Waals surface area contributed by atoms with E-state index in [9.17, 15) is 9.59 Å². The molecule has 0 bridgehead atoms. The summed E-state index contributed by atoms with van der Waals surface area (Å²) in [5, 5.41) is 0.291. The van der Waals surface area contributed by atoms with Crippen LogP contribution >= 0.6 is 11.8 Å². The lowest BCUT2D eigenvalue weighted by molar-refractivity contribution is -0.142. The summed E-state index contributed by atoms with van der Waals surface area (Å²) in [6.45, 7) is 1.56. The molecule has 0 saturated heterocycles. The van der Waals surface area contributed by atoms with Gasteiger partial charge in [-0.25, -0.2) is 0 Å². The molecule has 0 saturated carbocycles. The van der Waals surface area contributed by atoms with Gasteiger partial charge in [-0.1, -0.05) is 66.7 Å². The van der Waals surface area contributed by atoms with E-state index in [2.05, 4.69) is 4.98 Å². The van der Waals surface area contributed by atoms with Gasteiger partial charge in [-0.05, 0) is 30.7 Å². The maximum absolute atomic E-state index is 13.0. The molecule has 0 radical (unpaired) electrons. The fourth-order valence-electron chi connectivity index (χ4n) is 3.44. The Bertz CT molecular complexity index is 1170. The van der Waals surface area contributed by atoms with Crippen molar-refractivity contribution in [3.8, 4) is 0 Å². The lowest BCUT2D eigenvalue weighted by Crippen LogP contribution is -2.19. The van der Waals surface area contributed by atoms with Crippen molar-refractivity contribution in [2.24, 2.45) is 0 Å². The van der Waals surface area contributed by atoms with E-state index in [1.165, 1.54) is 11.8 Å². The number of nitrogens with one attached hydrogen (secondary N) is 1. The molecule has 4 nitrogen and oxygen atoms in total. The number of esters is 1. The standard InChI is InChI=1S/C25H21NO3S/c1-17-23(20-14-8-9-15-21(20)26-17)22(27)16-29-25(28)24(18-10-4-2-5-11-18)30-19-12-6-3-7-13-19/h2-15,24,26H,16H2,1H3/t24-/m0/s1. The predicted octanol–water partition coefficient (Wildman–Crippen LogP) is 5.74. The molecule has 1 aromatic heterocycles. The predicted molar refractivity (Wildman–Crippen MR) is 120 cm³/mol. The Hall–Kier alpha value is -3.31. The molecule has 150 valence electrons. The largest absolute Gasteiger partial charge is 0.456 e. The van der Waals surface area contributed by atoms with Crippen LogP contribution in [0.1, 0.15) is 26.9 Å². The van der Waals surface area contributed by atoms with Gasteiger partial charge in [0.2, 0.25) is 5.78 Å². The number of aromatic nitrogens is 1. The average molecular weight is 416 g/mol. The third kappa shape index (κ3) is 4.31. The number of carbonyl (C=O) groups excluding carboxylic acids is 2. The molecular formula is C25H21NO3S. The summed E-state index contributed by atoms with van der Waals surface area (Å²) in [6.07, 6.45) is 0. The second-order valence-electron chi connectivity index (χ2n) is 6.92. The minimum absolute atomic E-state index is 0.213. The zero-order valence-electron chi connectivity index (χ0n) is 16.5. The van der Waals surface area contributed by atoms with E-state index in [0.717, 1.165) is 27.1 Å². The Kier molecular flexibility index (Phi) is 6.00. The van der Waals surface area contributed by atoms with Crippen molar-refractivity contribution in [3.63, 3.8) is 0 Å². The second-order valence-corrected chi connectivity index (χ2v) is 8.10. The summed E-state index contributed by atoms with van der Waals surface area (Å²) in [5.74, 6) is -0.643. The van der Waals surface area contributed by atoms with E-state index in [1.807, 2.05) is 91.9 Å². The SMILES string of the molecule is Cc1[nH]c2ccccc2c1C(=O)COC(=O)[C@@H](Sc1ccccc1)c1ccccc1. The number of rotatable bonds is 7. The smallest absolute Gasteiger partial charge is 0.324 e. The number of thioether (sulfide) groups is 1. The van der Waals surface area contributed by atoms with Crippen molar-refractivity contribution >= 4 is 34.4 Å². The van der Waals surface area contributed by atoms with Crippen molar-refractivity contribution < 1.29 is 14.3 Å². The Morgan fingerprint density at radius 2 is 1.53 bits per heavy atom. The highest BCUT2D eigenvalue weighted by Gasteiger charge is 2.25. The molecule has 0 fully saturated rings. The van der Waals surface area contributed by atoms with Gasteiger partial charge in [0.1, 0.15) is 5.25 Å². The third-order valence-corrected chi connectivity index (χ3v) is 6.08. The zero-order chi connectivity index (χ0) is 20.9. The van der Waals surface area contributed by atoms with Crippen LogP contribution in [-0.4, -0.2) is 23.3 Å². The first kappa shape index (κ1) is 20.0. The summed E-state index contributed by atoms with van der Waals surface area (Å²) in [4.78, 5) is 30.0. The number of para-hydroxylation sites is 1. The van der Waals surface area contributed by atoms with Crippen molar-refractivity contribution in [1.82, 2.24) is 4.98 Å². The molecule has 0 unspecified atom stereocenters. The lowest BCUT2D eigenvalue weighted by Gasteiger charge is -2.16. The van der Waals surface area contributed by atoms with E-state index in [-0.39, 0.29) is 12.4 Å². The van der Waals surface area contributed by atoms with Crippen LogP contribution in [0.5, 0.6) is 0 Å². The van der Waals surface area contributed by atoms with E-state index in [4.69, 9.17) is 4.74 Å². The molecule has 0 spiro atoms. The van der Waals surface area contributed by atoms with Gasteiger partial charge in [-0.15, -0.1) is 11.8 Å². The summed E-state index contributed by atoms with van der Waals surface area (Å²) in [5.41, 5.74) is 3.08. The number of Topliss-reactive ketones (excluding diaryl/α,β-unsaturated/α-hetero) is 1. The van der Waals surface area contributed by atoms with Crippen LogP contribution in [0.4, 0.5) is 0 Å². The fraction of sp³-hybridized carbons (Fsp3) is 0.120. The number of carbonyl (C=O) groups is 2. The Morgan fingerprint density at radius 1 is 0.900 bits per heavy atom. The summed E-state index contributed by atoms with van der Waals surface area (Å²) in [7, 11) is 0. The first-order valence-electron chi connectivity index (χ1n) is 9.67. The minimum Gasteiger partial charge on any atom is -0.456 e. The first-order chi connectivity index (χ1) is 14.6. The number of aromatic amines is 1. The van der Waals surface area contributed by atoms with Crippen LogP contribution in [0.3, 0.4) is 0 Å². The minimum atomic E-state index is -0.550. The molecule has 30 heavy (non-hydrogen) atoms. The number of fused-ring (bicyclic) bond motifs is 1. The van der Waals surface area contributed by atoms with E-state index in [0.29, 0.717) is 5.56 Å². The van der Waals surface area contributed by atoms with Gasteiger partial charge in [0.25, 0.3) is 0 Å². The van der Waals surface area contributed by atoms with Crippen molar-refractivity contribution in [1.29, 1.82) is 0 Å². The van der Waals surface area contributed by atoms with Crippen LogP contribution in [0, 0.1) is 6.92 Å². The molecule has 3 aromatic carbocycles. The van der Waals surface area contributed by atoms with Gasteiger partial charge in [-0.2, -0.15) is 0 Å². The zero-order valence-corrected chi connectivity index (χ0v) is 17.3. The number of ketones is 1. The van der Waals surface area contributed by atoms with Crippen molar-refractivity contribution in [3.05, 3.63) is 102 Å².